The molecule has 9 heteroatoms. The van der Waals surface area contributed by atoms with Gasteiger partial charge in [0, 0.05) is 11.3 Å². The molecule has 4 rings (SSSR count). The Balaban J connectivity index is 1.66. The molecule has 0 aliphatic rings. The van der Waals surface area contributed by atoms with Crippen LogP contribution < -0.4 is 10.9 Å². The van der Waals surface area contributed by atoms with Gasteiger partial charge in [-0.1, -0.05) is 28.9 Å². The molecule has 0 bridgehead atoms. The van der Waals surface area contributed by atoms with Crippen LogP contribution in [-0.2, 0) is 11.3 Å². The second-order valence-electron chi connectivity index (χ2n) is 7.19. The second kappa shape index (κ2) is 8.76. The Morgan fingerprint density at radius 1 is 1.16 bits per heavy atom. The molecule has 0 aliphatic heterocycles. The highest BCUT2D eigenvalue weighted by atomic mass is 35.5. The maximum absolute atomic E-state index is 13.2. The number of carbonyl (C=O) groups is 1. The predicted octanol–water partition coefficient (Wildman–Crippen LogP) is 4.61. The van der Waals surface area contributed by atoms with Crippen LogP contribution in [0.25, 0.3) is 22.8 Å². The molecule has 0 saturated carbocycles. The van der Waals surface area contributed by atoms with Crippen LogP contribution in [0.15, 0.2) is 63.9 Å². The summed E-state index contributed by atoms with van der Waals surface area (Å²) in [7, 11) is 0. The van der Waals surface area contributed by atoms with Gasteiger partial charge in [-0.2, -0.15) is 4.98 Å². The van der Waals surface area contributed by atoms with Crippen molar-refractivity contribution in [2.24, 2.45) is 0 Å². The van der Waals surface area contributed by atoms with E-state index in [2.05, 4.69) is 15.5 Å². The van der Waals surface area contributed by atoms with Crippen molar-refractivity contribution < 1.29 is 13.7 Å². The van der Waals surface area contributed by atoms with Gasteiger partial charge in [0.15, 0.2) is 0 Å². The number of nitrogens with one attached hydrogen (secondary N) is 1. The van der Waals surface area contributed by atoms with Crippen LogP contribution >= 0.6 is 11.6 Å². The van der Waals surface area contributed by atoms with E-state index >= 15 is 0 Å². The monoisotopic (exact) mass is 452 g/mol. The zero-order chi connectivity index (χ0) is 22.8. The molecule has 4 aromatic rings. The van der Waals surface area contributed by atoms with E-state index in [1.807, 2.05) is 0 Å². The van der Waals surface area contributed by atoms with Crippen molar-refractivity contribution >= 4 is 23.2 Å². The van der Waals surface area contributed by atoms with E-state index in [1.165, 1.54) is 28.8 Å². The normalized spacial score (nSPS) is 10.9. The first-order valence-electron chi connectivity index (χ1n) is 9.69. The molecule has 0 saturated heterocycles. The van der Waals surface area contributed by atoms with Crippen LogP contribution in [0.2, 0.25) is 5.02 Å². The summed E-state index contributed by atoms with van der Waals surface area (Å²) >= 11 is 6.09. The second-order valence-corrected chi connectivity index (χ2v) is 7.60. The van der Waals surface area contributed by atoms with Crippen molar-refractivity contribution in [2.45, 2.75) is 20.4 Å². The zero-order valence-electron chi connectivity index (χ0n) is 17.2. The molecular weight excluding hydrogens is 435 g/mol. The van der Waals surface area contributed by atoms with Crippen molar-refractivity contribution in [2.75, 3.05) is 5.32 Å². The van der Waals surface area contributed by atoms with E-state index in [4.69, 9.17) is 16.1 Å². The summed E-state index contributed by atoms with van der Waals surface area (Å²) in [5.41, 5.74) is 1.99. The fraction of sp³-hybridized carbons (Fsp3) is 0.130. The largest absolute Gasteiger partial charge is 0.333 e. The number of hydrogen-bond donors (Lipinski definition) is 1. The van der Waals surface area contributed by atoms with E-state index in [0.29, 0.717) is 27.5 Å². The average molecular weight is 453 g/mol. The third kappa shape index (κ3) is 4.31. The van der Waals surface area contributed by atoms with Gasteiger partial charge in [-0.15, -0.1) is 0 Å². The molecule has 0 radical (unpaired) electrons. The third-order valence-corrected chi connectivity index (χ3v) is 5.23. The molecule has 1 N–H and O–H groups in total. The minimum absolute atomic E-state index is 0.0205. The molecule has 0 aliphatic carbocycles. The van der Waals surface area contributed by atoms with Crippen LogP contribution in [0.1, 0.15) is 11.3 Å². The fourth-order valence-corrected chi connectivity index (χ4v) is 3.50. The lowest BCUT2D eigenvalue weighted by atomic mass is 10.1. The highest BCUT2D eigenvalue weighted by molar-refractivity contribution is 6.33. The molecule has 7 nitrogen and oxygen atoms in total. The Morgan fingerprint density at radius 2 is 1.88 bits per heavy atom. The van der Waals surface area contributed by atoms with Gasteiger partial charge in [0.25, 0.3) is 11.4 Å². The number of benzene rings is 2. The summed E-state index contributed by atoms with van der Waals surface area (Å²) in [5.74, 6) is -0.546. The third-order valence-electron chi connectivity index (χ3n) is 4.90. The molecule has 0 atom stereocenters. The van der Waals surface area contributed by atoms with E-state index in [-0.39, 0.29) is 29.6 Å². The van der Waals surface area contributed by atoms with Crippen molar-refractivity contribution in [1.82, 2.24) is 14.7 Å². The average Bonchev–Trinajstić information content (AvgIpc) is 3.23. The van der Waals surface area contributed by atoms with Gasteiger partial charge in [-0.3, -0.25) is 9.59 Å². The van der Waals surface area contributed by atoms with Crippen LogP contribution in [-0.4, -0.2) is 20.6 Å². The van der Waals surface area contributed by atoms with E-state index in [1.54, 1.807) is 44.2 Å². The number of rotatable bonds is 5. The van der Waals surface area contributed by atoms with Crippen LogP contribution in [0.4, 0.5) is 10.1 Å². The summed E-state index contributed by atoms with van der Waals surface area (Å²) in [4.78, 5) is 30.1. The Morgan fingerprint density at radius 3 is 2.59 bits per heavy atom. The lowest BCUT2D eigenvalue weighted by Gasteiger charge is -2.13. The minimum atomic E-state index is -0.439. The Bertz CT molecular complexity index is 1360. The standard InChI is InChI=1S/C23H18ClFN4O3/c1-13-11-14(2)29(12-19(30)26-18-6-4-3-5-17(18)24)23(31)20(13)22-27-21(28-32-22)15-7-9-16(25)10-8-15/h3-11H,12H2,1-2H3,(H,26,30). The lowest BCUT2D eigenvalue weighted by molar-refractivity contribution is -0.116. The van der Waals surface area contributed by atoms with Gasteiger partial charge >= 0.3 is 0 Å². The molecular formula is C23H18ClFN4O3. The molecule has 1 amide bonds. The van der Waals surface area contributed by atoms with Crippen LogP contribution in [0, 0.1) is 19.7 Å². The van der Waals surface area contributed by atoms with Crippen LogP contribution in [0.3, 0.4) is 0 Å². The van der Waals surface area contributed by atoms with Crippen LogP contribution in [0.5, 0.6) is 0 Å². The predicted molar refractivity (Wildman–Crippen MR) is 119 cm³/mol. The zero-order valence-corrected chi connectivity index (χ0v) is 18.0. The van der Waals surface area contributed by atoms with Gasteiger partial charge in [-0.05, 0) is 61.9 Å². The smallest absolute Gasteiger partial charge is 0.264 e. The number of carbonyl (C=O) groups excluding carboxylic acids is 1. The number of para-hydroxylation sites is 1. The van der Waals surface area contributed by atoms with Crippen molar-refractivity contribution in [3.8, 4) is 22.8 Å². The van der Waals surface area contributed by atoms with Crippen molar-refractivity contribution in [3.05, 3.63) is 87.0 Å². The Hall–Kier alpha value is -3.78. The van der Waals surface area contributed by atoms with Gasteiger partial charge < -0.3 is 14.4 Å². The van der Waals surface area contributed by atoms with E-state index < -0.39 is 11.5 Å². The molecule has 2 heterocycles. The number of anilines is 1. The van der Waals surface area contributed by atoms with Gasteiger partial charge in [-0.25, -0.2) is 4.39 Å². The number of pyridine rings is 1. The topological polar surface area (TPSA) is 90.0 Å². The molecule has 162 valence electrons. The first kappa shape index (κ1) is 21.5. The number of nitrogens with zero attached hydrogens (tertiary/aromatic N) is 3. The van der Waals surface area contributed by atoms with Gasteiger partial charge in [0.2, 0.25) is 11.7 Å². The maximum Gasteiger partial charge on any atom is 0.264 e. The fourth-order valence-electron chi connectivity index (χ4n) is 3.32. The van der Waals surface area contributed by atoms with Crippen molar-refractivity contribution in [1.29, 1.82) is 0 Å². The molecule has 0 unspecified atom stereocenters. The highest BCUT2D eigenvalue weighted by Crippen LogP contribution is 2.24. The number of hydrogen-bond acceptors (Lipinski definition) is 5. The Labute approximate surface area is 187 Å². The number of amides is 1. The number of aryl methyl sites for hydroxylation is 2. The van der Waals surface area contributed by atoms with E-state index in [0.717, 1.165) is 0 Å². The van der Waals surface area contributed by atoms with Crippen molar-refractivity contribution in [3.63, 3.8) is 0 Å². The first-order chi connectivity index (χ1) is 15.3. The van der Waals surface area contributed by atoms with Gasteiger partial charge in [0.1, 0.15) is 17.9 Å². The molecule has 0 spiro atoms. The number of aromatic nitrogens is 3. The quantitative estimate of drug-likeness (QED) is 0.477. The van der Waals surface area contributed by atoms with E-state index in [9.17, 15) is 14.0 Å². The lowest BCUT2D eigenvalue weighted by Crippen LogP contribution is -2.30. The summed E-state index contributed by atoms with van der Waals surface area (Å²) in [6.45, 7) is 3.26. The minimum Gasteiger partial charge on any atom is -0.333 e. The first-order valence-corrected chi connectivity index (χ1v) is 10.1. The summed E-state index contributed by atoms with van der Waals surface area (Å²) in [6, 6.07) is 14.2. The summed E-state index contributed by atoms with van der Waals surface area (Å²) in [5, 5.41) is 7.00. The summed E-state index contributed by atoms with van der Waals surface area (Å²) < 4.78 is 19.8. The molecule has 2 aromatic heterocycles. The Kier molecular flexibility index (Phi) is 5.87. The molecule has 0 fully saturated rings. The van der Waals surface area contributed by atoms with Gasteiger partial charge in [0.05, 0.1) is 10.7 Å². The maximum atomic E-state index is 13.2. The SMILES string of the molecule is Cc1cc(C)n(CC(=O)Nc2ccccc2Cl)c(=O)c1-c1nc(-c2ccc(F)cc2)no1. The molecule has 32 heavy (non-hydrogen) atoms. The summed E-state index contributed by atoms with van der Waals surface area (Å²) in [6.07, 6.45) is 0. The molecule has 2 aromatic carbocycles. The highest BCUT2D eigenvalue weighted by Gasteiger charge is 2.20. The number of halogens is 2.